The van der Waals surface area contributed by atoms with Gasteiger partial charge in [0.25, 0.3) is 0 Å². The van der Waals surface area contributed by atoms with Crippen LogP contribution in [0.3, 0.4) is 0 Å². The van der Waals surface area contributed by atoms with Gasteiger partial charge in [0, 0.05) is 13.1 Å². The largest absolute Gasteiger partial charge is 0.497 e. The van der Waals surface area contributed by atoms with Crippen LogP contribution in [0.4, 0.5) is 0 Å². The first-order valence-corrected chi connectivity index (χ1v) is 9.95. The molecule has 0 radical (unpaired) electrons. The maximum Gasteiger partial charge on any atom is 0.307 e. The van der Waals surface area contributed by atoms with Crippen LogP contribution in [-0.2, 0) is 9.53 Å². The average molecular weight is 436 g/mol. The van der Waals surface area contributed by atoms with Crippen LogP contribution in [0.1, 0.15) is 30.1 Å². The highest BCUT2D eigenvalue weighted by molar-refractivity contribution is 5.85. The molecule has 0 aromatic heterocycles. The molecule has 0 amide bonds. The number of methoxy groups -OCH3 is 2. The third kappa shape index (κ3) is 6.36. The summed E-state index contributed by atoms with van der Waals surface area (Å²) in [5, 5.41) is 9.27. The molecular formula is C23H30ClNO5. The number of aliphatic carboxylic acids is 1. The highest BCUT2D eigenvalue weighted by atomic mass is 35.5. The fourth-order valence-electron chi connectivity index (χ4n) is 3.70. The number of rotatable bonds is 9. The highest BCUT2D eigenvalue weighted by Crippen LogP contribution is 2.29. The number of carbonyl (C=O) groups is 1. The number of hydrogen-bond donors (Lipinski definition) is 1. The molecule has 1 heterocycles. The summed E-state index contributed by atoms with van der Waals surface area (Å²) in [5.41, 5.74) is 2.08. The van der Waals surface area contributed by atoms with E-state index in [9.17, 15) is 9.90 Å². The summed E-state index contributed by atoms with van der Waals surface area (Å²) in [4.78, 5) is 13.5. The van der Waals surface area contributed by atoms with Gasteiger partial charge in [0.2, 0.25) is 0 Å². The van der Waals surface area contributed by atoms with Crippen LogP contribution in [0, 0.1) is 5.92 Å². The van der Waals surface area contributed by atoms with E-state index in [1.54, 1.807) is 14.2 Å². The van der Waals surface area contributed by atoms with Crippen molar-refractivity contribution in [3.05, 3.63) is 59.7 Å². The zero-order valence-electron chi connectivity index (χ0n) is 17.5. The number of carboxylic acid groups (broad SMARTS) is 1. The minimum absolute atomic E-state index is 0. The van der Waals surface area contributed by atoms with Crippen molar-refractivity contribution >= 4 is 18.4 Å². The average Bonchev–Trinajstić information content (AvgIpc) is 2.77. The van der Waals surface area contributed by atoms with Crippen molar-refractivity contribution in [3.63, 3.8) is 0 Å². The topological polar surface area (TPSA) is 68.2 Å². The standard InChI is InChI=1S/C23H29NO5.ClH/c1-27-20-9-5-17(6-10-20)22(18-7-11-21(28-2)12-8-18)29-15-14-24-13-3-4-19(16-24)23(25)26;/h5-12,19,22H,3-4,13-16H2,1-2H3,(H,25,26);1H. The van der Waals surface area contributed by atoms with E-state index >= 15 is 0 Å². The van der Waals surface area contributed by atoms with Crippen LogP contribution in [0.15, 0.2) is 48.5 Å². The number of halogens is 1. The first-order valence-electron chi connectivity index (χ1n) is 9.95. The van der Waals surface area contributed by atoms with Crippen molar-refractivity contribution in [3.8, 4) is 11.5 Å². The molecule has 7 heteroatoms. The van der Waals surface area contributed by atoms with E-state index < -0.39 is 5.97 Å². The van der Waals surface area contributed by atoms with Gasteiger partial charge in [-0.25, -0.2) is 0 Å². The lowest BCUT2D eigenvalue weighted by Crippen LogP contribution is -2.40. The van der Waals surface area contributed by atoms with Gasteiger partial charge >= 0.3 is 5.97 Å². The maximum absolute atomic E-state index is 11.3. The van der Waals surface area contributed by atoms with Crippen LogP contribution in [0.5, 0.6) is 11.5 Å². The Labute approximate surface area is 184 Å². The minimum Gasteiger partial charge on any atom is -0.497 e. The van der Waals surface area contributed by atoms with Crippen molar-refractivity contribution in [1.82, 2.24) is 4.90 Å². The lowest BCUT2D eigenvalue weighted by molar-refractivity contribution is -0.143. The molecule has 1 fully saturated rings. The molecule has 1 N–H and O–H groups in total. The quantitative estimate of drug-likeness (QED) is 0.641. The molecule has 1 aliphatic rings. The molecule has 1 aliphatic heterocycles. The molecule has 2 aromatic carbocycles. The second kappa shape index (κ2) is 11.8. The van der Waals surface area contributed by atoms with Gasteiger partial charge in [0.1, 0.15) is 17.6 Å². The monoisotopic (exact) mass is 435 g/mol. The molecule has 1 unspecified atom stereocenters. The molecule has 0 spiro atoms. The Morgan fingerprint density at radius 2 is 1.57 bits per heavy atom. The summed E-state index contributed by atoms with van der Waals surface area (Å²) in [6.07, 6.45) is 1.46. The summed E-state index contributed by atoms with van der Waals surface area (Å²) >= 11 is 0. The van der Waals surface area contributed by atoms with E-state index in [-0.39, 0.29) is 24.4 Å². The van der Waals surface area contributed by atoms with E-state index in [0.29, 0.717) is 19.7 Å². The van der Waals surface area contributed by atoms with E-state index in [2.05, 4.69) is 4.90 Å². The van der Waals surface area contributed by atoms with E-state index in [1.165, 1.54) is 0 Å². The lowest BCUT2D eigenvalue weighted by atomic mass is 9.98. The van der Waals surface area contributed by atoms with Gasteiger partial charge in [0.05, 0.1) is 26.7 Å². The first kappa shape index (κ1) is 24.0. The van der Waals surface area contributed by atoms with Crippen LogP contribution < -0.4 is 9.47 Å². The van der Waals surface area contributed by atoms with Gasteiger partial charge in [0.15, 0.2) is 0 Å². The summed E-state index contributed by atoms with van der Waals surface area (Å²) in [5.74, 6) is 0.623. The first-order chi connectivity index (χ1) is 14.1. The van der Waals surface area contributed by atoms with Gasteiger partial charge in [-0.05, 0) is 54.8 Å². The molecule has 2 aromatic rings. The molecule has 0 aliphatic carbocycles. The predicted molar refractivity (Wildman–Crippen MR) is 118 cm³/mol. The van der Waals surface area contributed by atoms with Crippen molar-refractivity contribution in [2.45, 2.75) is 18.9 Å². The summed E-state index contributed by atoms with van der Waals surface area (Å²) in [6.45, 7) is 2.75. The van der Waals surface area contributed by atoms with Crippen LogP contribution in [-0.4, -0.2) is 56.4 Å². The number of likely N-dealkylation sites (tertiary alicyclic amines) is 1. The zero-order valence-corrected chi connectivity index (χ0v) is 18.3. The van der Waals surface area contributed by atoms with Crippen LogP contribution >= 0.6 is 12.4 Å². The Morgan fingerprint density at radius 3 is 2.03 bits per heavy atom. The number of benzene rings is 2. The molecule has 1 atom stereocenters. The van der Waals surface area contributed by atoms with Gasteiger partial charge in [-0.3, -0.25) is 4.79 Å². The van der Waals surface area contributed by atoms with Crippen LogP contribution in [0.25, 0.3) is 0 Å². The van der Waals surface area contributed by atoms with Crippen molar-refractivity contribution < 1.29 is 24.1 Å². The molecule has 1 saturated heterocycles. The second-order valence-corrected chi connectivity index (χ2v) is 7.28. The fraction of sp³-hybridized carbons (Fsp3) is 0.435. The Hall–Kier alpha value is -2.28. The normalized spacial score (nSPS) is 16.7. The lowest BCUT2D eigenvalue weighted by Gasteiger charge is -2.31. The third-order valence-corrected chi connectivity index (χ3v) is 5.38. The molecule has 30 heavy (non-hydrogen) atoms. The summed E-state index contributed by atoms with van der Waals surface area (Å²) < 4.78 is 16.8. The minimum atomic E-state index is -0.704. The van der Waals surface area contributed by atoms with E-state index in [0.717, 1.165) is 42.0 Å². The van der Waals surface area contributed by atoms with E-state index in [4.69, 9.17) is 14.2 Å². The molecule has 6 nitrogen and oxygen atoms in total. The smallest absolute Gasteiger partial charge is 0.307 e. The Balaban J connectivity index is 0.00000320. The number of piperidine rings is 1. The Morgan fingerprint density at radius 1 is 1.03 bits per heavy atom. The van der Waals surface area contributed by atoms with Gasteiger partial charge in [-0.1, -0.05) is 24.3 Å². The maximum atomic E-state index is 11.3. The van der Waals surface area contributed by atoms with Gasteiger partial charge in [-0.15, -0.1) is 12.4 Å². The van der Waals surface area contributed by atoms with Crippen molar-refractivity contribution in [2.24, 2.45) is 5.92 Å². The molecule has 0 bridgehead atoms. The van der Waals surface area contributed by atoms with Gasteiger partial charge in [-0.2, -0.15) is 0 Å². The number of nitrogens with zero attached hydrogens (tertiary/aromatic N) is 1. The van der Waals surface area contributed by atoms with E-state index in [1.807, 2.05) is 48.5 Å². The molecular weight excluding hydrogens is 406 g/mol. The van der Waals surface area contributed by atoms with Crippen molar-refractivity contribution in [1.29, 1.82) is 0 Å². The second-order valence-electron chi connectivity index (χ2n) is 7.28. The molecule has 0 saturated carbocycles. The number of ether oxygens (including phenoxy) is 3. The molecule has 164 valence electrons. The van der Waals surface area contributed by atoms with Crippen molar-refractivity contribution in [2.75, 3.05) is 40.5 Å². The SMILES string of the molecule is COc1ccc(C(OCCN2CCCC(C(=O)O)C2)c2ccc(OC)cc2)cc1.Cl. The number of hydrogen-bond acceptors (Lipinski definition) is 5. The predicted octanol–water partition coefficient (Wildman–Crippen LogP) is 4.03. The summed E-state index contributed by atoms with van der Waals surface area (Å²) in [7, 11) is 3.30. The zero-order chi connectivity index (χ0) is 20.6. The molecule has 3 rings (SSSR count). The highest BCUT2D eigenvalue weighted by Gasteiger charge is 2.25. The summed E-state index contributed by atoms with van der Waals surface area (Å²) in [6, 6.07) is 15.7. The third-order valence-electron chi connectivity index (χ3n) is 5.38. The number of carboxylic acids is 1. The Bertz CT molecular complexity index is 734. The van der Waals surface area contributed by atoms with Crippen LogP contribution in [0.2, 0.25) is 0 Å². The fourth-order valence-corrected chi connectivity index (χ4v) is 3.70. The Kier molecular flexibility index (Phi) is 9.43. The van der Waals surface area contributed by atoms with Gasteiger partial charge < -0.3 is 24.2 Å².